The van der Waals surface area contributed by atoms with Crippen LogP contribution in [0.15, 0.2) is 29.3 Å². The smallest absolute Gasteiger partial charge is 0.258 e. The highest BCUT2D eigenvalue weighted by Gasteiger charge is 2.18. The van der Waals surface area contributed by atoms with Crippen molar-refractivity contribution in [3.05, 3.63) is 40.4 Å². The molecule has 0 aliphatic heterocycles. The molecule has 0 bridgehead atoms. The van der Waals surface area contributed by atoms with E-state index in [9.17, 15) is 15.0 Å². The summed E-state index contributed by atoms with van der Waals surface area (Å²) < 4.78 is 0. The molecule has 2 unspecified atom stereocenters. The van der Waals surface area contributed by atoms with Crippen molar-refractivity contribution in [1.82, 2.24) is 9.97 Å². The number of fused-ring (bicyclic) bond motifs is 1. The number of hydrogen-bond acceptors (Lipinski definition) is 4. The summed E-state index contributed by atoms with van der Waals surface area (Å²) >= 11 is 3.21. The lowest BCUT2D eigenvalue weighted by Crippen LogP contribution is -2.19. The van der Waals surface area contributed by atoms with Crippen LogP contribution in [-0.4, -0.2) is 31.6 Å². The second kappa shape index (κ2) is 5.60. The standard InChI is InChI=1S/C12H13BrN2O3/c13-4-3-10(16)11(17)7-1-2-9-8(5-7)12(18)15-6-14-9/h1-2,5-6,10-11,16-17H,3-4H2,(H,14,15,18). The lowest BCUT2D eigenvalue weighted by atomic mass is 10.0. The molecule has 2 rings (SSSR count). The topological polar surface area (TPSA) is 86.2 Å². The third-order valence-electron chi connectivity index (χ3n) is 2.78. The normalized spacial score (nSPS) is 14.6. The molecule has 18 heavy (non-hydrogen) atoms. The van der Waals surface area contributed by atoms with Crippen LogP contribution < -0.4 is 5.56 Å². The number of alkyl halides is 1. The molecule has 2 aromatic rings. The summed E-state index contributed by atoms with van der Waals surface area (Å²) in [6.45, 7) is 0. The van der Waals surface area contributed by atoms with Crippen LogP contribution in [0, 0.1) is 0 Å². The summed E-state index contributed by atoms with van der Waals surface area (Å²) in [6, 6.07) is 4.88. The molecular weight excluding hydrogens is 300 g/mol. The van der Waals surface area contributed by atoms with Gasteiger partial charge in [-0.25, -0.2) is 4.98 Å². The fourth-order valence-electron chi connectivity index (χ4n) is 1.76. The van der Waals surface area contributed by atoms with Crippen LogP contribution >= 0.6 is 15.9 Å². The van der Waals surface area contributed by atoms with Crippen molar-refractivity contribution >= 4 is 26.8 Å². The van der Waals surface area contributed by atoms with Gasteiger partial charge in [0.1, 0.15) is 6.10 Å². The van der Waals surface area contributed by atoms with E-state index < -0.39 is 12.2 Å². The minimum atomic E-state index is -1.01. The molecule has 0 fully saturated rings. The number of aliphatic hydroxyl groups excluding tert-OH is 2. The van der Waals surface area contributed by atoms with Gasteiger partial charge in [-0.3, -0.25) is 4.79 Å². The monoisotopic (exact) mass is 312 g/mol. The number of aliphatic hydroxyl groups is 2. The van der Waals surface area contributed by atoms with Gasteiger partial charge in [0.2, 0.25) is 0 Å². The van der Waals surface area contributed by atoms with Gasteiger partial charge >= 0.3 is 0 Å². The summed E-state index contributed by atoms with van der Waals surface area (Å²) in [6.07, 6.45) is -0.104. The largest absolute Gasteiger partial charge is 0.390 e. The Kier molecular flexibility index (Phi) is 4.11. The van der Waals surface area contributed by atoms with Gasteiger partial charge in [-0.15, -0.1) is 0 Å². The zero-order chi connectivity index (χ0) is 13.1. The number of H-pyrrole nitrogens is 1. The SMILES string of the molecule is O=c1[nH]cnc2ccc(C(O)C(O)CCBr)cc12. The predicted molar refractivity (Wildman–Crippen MR) is 71.7 cm³/mol. The van der Waals surface area contributed by atoms with E-state index in [0.717, 1.165) is 0 Å². The fraction of sp³-hybridized carbons (Fsp3) is 0.333. The van der Waals surface area contributed by atoms with Gasteiger partial charge in [-0.05, 0) is 24.1 Å². The van der Waals surface area contributed by atoms with Crippen molar-refractivity contribution in [2.24, 2.45) is 0 Å². The zero-order valence-corrected chi connectivity index (χ0v) is 11.1. The molecule has 0 aliphatic rings. The van der Waals surface area contributed by atoms with E-state index in [4.69, 9.17) is 0 Å². The maximum Gasteiger partial charge on any atom is 0.258 e. The highest BCUT2D eigenvalue weighted by molar-refractivity contribution is 9.09. The molecule has 0 saturated heterocycles. The first-order chi connectivity index (χ1) is 8.63. The van der Waals surface area contributed by atoms with Crippen LogP contribution in [0.25, 0.3) is 10.9 Å². The summed E-state index contributed by atoms with van der Waals surface area (Å²) in [7, 11) is 0. The number of aromatic amines is 1. The first-order valence-corrected chi connectivity index (χ1v) is 6.65. The van der Waals surface area contributed by atoms with Crippen LogP contribution in [0.5, 0.6) is 0 Å². The molecule has 1 aromatic heterocycles. The van der Waals surface area contributed by atoms with Gasteiger partial charge in [-0.2, -0.15) is 0 Å². The molecule has 1 aromatic carbocycles. The highest BCUT2D eigenvalue weighted by Crippen LogP contribution is 2.21. The lowest BCUT2D eigenvalue weighted by molar-refractivity contribution is 0.0174. The van der Waals surface area contributed by atoms with E-state index in [2.05, 4.69) is 25.9 Å². The van der Waals surface area contributed by atoms with Crippen molar-refractivity contribution in [2.75, 3.05) is 5.33 Å². The summed E-state index contributed by atoms with van der Waals surface area (Å²) in [5.74, 6) is 0. The molecule has 1 heterocycles. The first kappa shape index (κ1) is 13.2. The Morgan fingerprint density at radius 1 is 1.39 bits per heavy atom. The third-order valence-corrected chi connectivity index (χ3v) is 3.23. The van der Waals surface area contributed by atoms with Crippen molar-refractivity contribution in [2.45, 2.75) is 18.6 Å². The Morgan fingerprint density at radius 2 is 2.17 bits per heavy atom. The van der Waals surface area contributed by atoms with Crippen LogP contribution in [-0.2, 0) is 0 Å². The van der Waals surface area contributed by atoms with E-state index in [-0.39, 0.29) is 5.56 Å². The highest BCUT2D eigenvalue weighted by atomic mass is 79.9. The molecule has 0 radical (unpaired) electrons. The number of benzene rings is 1. The molecule has 0 spiro atoms. The number of rotatable bonds is 4. The van der Waals surface area contributed by atoms with Crippen LogP contribution in [0.4, 0.5) is 0 Å². The van der Waals surface area contributed by atoms with E-state index in [0.29, 0.717) is 28.2 Å². The quantitative estimate of drug-likeness (QED) is 0.738. The first-order valence-electron chi connectivity index (χ1n) is 5.53. The summed E-state index contributed by atoms with van der Waals surface area (Å²) in [5, 5.41) is 20.7. The predicted octanol–water partition coefficient (Wildman–Crippen LogP) is 1.10. The Morgan fingerprint density at radius 3 is 2.89 bits per heavy atom. The lowest BCUT2D eigenvalue weighted by Gasteiger charge is -2.17. The van der Waals surface area contributed by atoms with Gasteiger partial charge in [0.05, 0.1) is 23.3 Å². The second-order valence-electron chi connectivity index (χ2n) is 4.00. The number of nitrogens with zero attached hydrogens (tertiary/aromatic N) is 1. The van der Waals surface area contributed by atoms with E-state index >= 15 is 0 Å². The maximum atomic E-state index is 11.6. The van der Waals surface area contributed by atoms with Crippen LogP contribution in [0.3, 0.4) is 0 Å². The van der Waals surface area contributed by atoms with Gasteiger partial charge in [0.15, 0.2) is 0 Å². The average molecular weight is 313 g/mol. The number of nitrogens with one attached hydrogen (secondary N) is 1. The third kappa shape index (κ3) is 2.60. The van der Waals surface area contributed by atoms with E-state index in [1.54, 1.807) is 18.2 Å². The minimum Gasteiger partial charge on any atom is -0.390 e. The van der Waals surface area contributed by atoms with Gasteiger partial charge in [0, 0.05) is 5.33 Å². The molecule has 0 aliphatic carbocycles. The Hall–Kier alpha value is -1.24. The Labute approximate surface area is 112 Å². The van der Waals surface area contributed by atoms with Gasteiger partial charge < -0.3 is 15.2 Å². The summed E-state index contributed by atoms with van der Waals surface area (Å²) in [5.41, 5.74) is 0.808. The molecule has 96 valence electrons. The molecule has 6 heteroatoms. The second-order valence-corrected chi connectivity index (χ2v) is 4.79. The average Bonchev–Trinajstić information content (AvgIpc) is 2.38. The van der Waals surface area contributed by atoms with Crippen molar-refractivity contribution in [3.8, 4) is 0 Å². The van der Waals surface area contributed by atoms with Crippen LogP contribution in [0.2, 0.25) is 0 Å². The maximum absolute atomic E-state index is 11.6. The van der Waals surface area contributed by atoms with E-state index in [1.807, 2.05) is 0 Å². The minimum absolute atomic E-state index is 0.260. The van der Waals surface area contributed by atoms with Crippen LogP contribution in [0.1, 0.15) is 18.1 Å². The number of aromatic nitrogens is 2. The van der Waals surface area contributed by atoms with Gasteiger partial charge in [-0.1, -0.05) is 22.0 Å². The van der Waals surface area contributed by atoms with Crippen molar-refractivity contribution in [3.63, 3.8) is 0 Å². The van der Waals surface area contributed by atoms with Gasteiger partial charge in [0.25, 0.3) is 5.56 Å². The molecule has 0 amide bonds. The number of halogens is 1. The molecule has 3 N–H and O–H groups in total. The van der Waals surface area contributed by atoms with Crippen molar-refractivity contribution in [1.29, 1.82) is 0 Å². The number of hydrogen-bond donors (Lipinski definition) is 3. The molecule has 0 saturated carbocycles. The Balaban J connectivity index is 2.40. The fourth-order valence-corrected chi connectivity index (χ4v) is 2.23. The van der Waals surface area contributed by atoms with E-state index in [1.165, 1.54) is 6.33 Å². The summed E-state index contributed by atoms with van der Waals surface area (Å²) in [4.78, 5) is 18.1. The Bertz CT molecular complexity index is 599. The molecular formula is C12H13BrN2O3. The molecule has 2 atom stereocenters. The zero-order valence-electron chi connectivity index (χ0n) is 9.51. The molecule has 5 nitrogen and oxygen atoms in total. The van der Waals surface area contributed by atoms with Crippen molar-refractivity contribution < 1.29 is 10.2 Å².